The molecular weight excluding hydrogens is 464 g/mol. The molecule has 2 saturated heterocycles. The van der Waals surface area contributed by atoms with Gasteiger partial charge in [-0.15, -0.1) is 0 Å². The lowest BCUT2D eigenvalue weighted by atomic mass is 10.0. The number of benzene rings is 2. The van der Waals surface area contributed by atoms with Crippen molar-refractivity contribution in [3.05, 3.63) is 60.7 Å². The van der Waals surface area contributed by atoms with Crippen molar-refractivity contribution in [2.45, 2.75) is 52.4 Å². The molecule has 8 nitrogen and oxygen atoms in total. The maximum absolute atomic E-state index is 12.1. The van der Waals surface area contributed by atoms with Crippen molar-refractivity contribution < 1.29 is 19.2 Å². The Morgan fingerprint density at radius 2 is 0.971 bits per heavy atom. The van der Waals surface area contributed by atoms with Crippen LogP contribution < -0.4 is 20.9 Å². The quantitative estimate of drug-likeness (QED) is 0.540. The summed E-state index contributed by atoms with van der Waals surface area (Å²) in [6.07, 6.45) is 5.03. The molecule has 2 aromatic carbocycles. The minimum absolute atomic E-state index is 0. The van der Waals surface area contributed by atoms with Crippen LogP contribution in [0.2, 0.25) is 0 Å². The lowest BCUT2D eigenvalue weighted by molar-refractivity contribution is -0.129. The SMILES string of the molecule is CCCCC1C(=O)NN(c2ccccc2)C1=O.CCCCC1C(=O)NN(c2ccccc2)C1=O.S. The van der Waals surface area contributed by atoms with Crippen LogP contribution in [0.25, 0.3) is 0 Å². The Bertz CT molecular complexity index is 921. The normalized spacial score (nSPS) is 19.0. The minimum atomic E-state index is -0.518. The van der Waals surface area contributed by atoms with Gasteiger partial charge in [-0.2, -0.15) is 13.5 Å². The summed E-state index contributed by atoms with van der Waals surface area (Å²) < 4.78 is 0. The molecule has 4 rings (SSSR count). The number of unbranched alkanes of at least 4 members (excludes halogenated alkanes) is 2. The number of amides is 4. The second-order valence-corrected chi connectivity index (χ2v) is 8.36. The summed E-state index contributed by atoms with van der Waals surface area (Å²) in [4.78, 5) is 47.5. The molecule has 0 radical (unpaired) electrons. The average Bonchev–Trinajstić information content (AvgIpc) is 3.31. The van der Waals surface area contributed by atoms with Crippen molar-refractivity contribution in [3.63, 3.8) is 0 Å². The van der Waals surface area contributed by atoms with Gasteiger partial charge < -0.3 is 0 Å². The van der Waals surface area contributed by atoms with Crippen LogP contribution in [0, 0.1) is 11.8 Å². The molecule has 2 aliphatic heterocycles. The van der Waals surface area contributed by atoms with E-state index in [4.69, 9.17) is 0 Å². The van der Waals surface area contributed by atoms with Gasteiger partial charge in [0.05, 0.1) is 11.4 Å². The molecule has 2 aliphatic rings. The molecule has 188 valence electrons. The molecule has 2 heterocycles. The highest BCUT2D eigenvalue weighted by molar-refractivity contribution is 7.59. The van der Waals surface area contributed by atoms with Crippen LogP contribution in [0.3, 0.4) is 0 Å². The van der Waals surface area contributed by atoms with Crippen LogP contribution in [0.4, 0.5) is 11.4 Å². The largest absolute Gasteiger partial charge is 0.272 e. The van der Waals surface area contributed by atoms with Gasteiger partial charge in [-0.1, -0.05) is 75.9 Å². The molecule has 4 amide bonds. The molecule has 0 saturated carbocycles. The standard InChI is InChI=1S/2C13H16N2O2.H2S/c2*1-2-3-9-11-12(16)14-15(13(11)17)10-7-5-4-6-8-10;/h2*4-8,11H,2-3,9H2,1H3,(H,14,16);1H2. The second-order valence-electron chi connectivity index (χ2n) is 8.36. The Balaban J connectivity index is 0.000000240. The fourth-order valence-electron chi connectivity index (χ4n) is 3.89. The number of carbonyl (C=O) groups excluding carboxylic acids is 4. The van der Waals surface area contributed by atoms with E-state index < -0.39 is 11.8 Å². The third-order valence-corrected chi connectivity index (χ3v) is 5.84. The number of carbonyl (C=O) groups is 4. The zero-order chi connectivity index (χ0) is 24.5. The van der Waals surface area contributed by atoms with Crippen LogP contribution in [0.1, 0.15) is 52.4 Å². The van der Waals surface area contributed by atoms with Crippen LogP contribution in [-0.2, 0) is 19.2 Å². The first-order valence-corrected chi connectivity index (χ1v) is 11.9. The molecule has 0 aliphatic carbocycles. The Morgan fingerprint density at radius 1 is 0.629 bits per heavy atom. The lowest BCUT2D eigenvalue weighted by Gasteiger charge is -2.14. The molecule has 0 aromatic heterocycles. The minimum Gasteiger partial charge on any atom is -0.272 e. The number of nitrogens with zero attached hydrogens (tertiary/aromatic N) is 2. The van der Waals surface area contributed by atoms with Gasteiger partial charge in [-0.25, -0.2) is 10.0 Å². The van der Waals surface area contributed by atoms with Crippen molar-refractivity contribution >= 4 is 48.5 Å². The van der Waals surface area contributed by atoms with E-state index in [0.717, 1.165) is 25.7 Å². The van der Waals surface area contributed by atoms with Gasteiger partial charge in [-0.05, 0) is 37.1 Å². The predicted molar refractivity (Wildman–Crippen MR) is 141 cm³/mol. The summed E-state index contributed by atoms with van der Waals surface area (Å²) in [6, 6.07) is 18.3. The second kappa shape index (κ2) is 13.5. The molecule has 2 aromatic rings. The Hall–Kier alpha value is -3.33. The van der Waals surface area contributed by atoms with Crippen LogP contribution in [0.5, 0.6) is 0 Å². The summed E-state index contributed by atoms with van der Waals surface area (Å²) in [5.41, 5.74) is 6.67. The zero-order valence-corrected chi connectivity index (χ0v) is 21.2. The van der Waals surface area contributed by atoms with E-state index in [1.54, 1.807) is 24.3 Å². The van der Waals surface area contributed by atoms with Crippen LogP contribution in [-0.4, -0.2) is 23.6 Å². The highest BCUT2D eigenvalue weighted by Crippen LogP contribution is 2.24. The topological polar surface area (TPSA) is 98.8 Å². The van der Waals surface area contributed by atoms with E-state index >= 15 is 0 Å². The van der Waals surface area contributed by atoms with E-state index in [9.17, 15) is 19.2 Å². The van der Waals surface area contributed by atoms with Crippen molar-refractivity contribution in [1.29, 1.82) is 0 Å². The maximum atomic E-state index is 12.1. The monoisotopic (exact) mass is 498 g/mol. The first kappa shape index (κ1) is 27.9. The Labute approximate surface area is 213 Å². The summed E-state index contributed by atoms with van der Waals surface area (Å²) in [7, 11) is 0. The van der Waals surface area contributed by atoms with Gasteiger partial charge in [-0.3, -0.25) is 30.0 Å². The maximum Gasteiger partial charge on any atom is 0.258 e. The molecular formula is C26H34N4O4S. The molecule has 2 atom stereocenters. The number of hydrogen-bond acceptors (Lipinski definition) is 4. The molecule has 9 heteroatoms. The number of hydrogen-bond donors (Lipinski definition) is 2. The number of anilines is 2. The highest BCUT2D eigenvalue weighted by atomic mass is 32.1. The fourth-order valence-corrected chi connectivity index (χ4v) is 3.89. The fraction of sp³-hybridized carbons (Fsp3) is 0.385. The molecule has 2 fully saturated rings. The van der Waals surface area contributed by atoms with E-state index in [0.29, 0.717) is 24.2 Å². The van der Waals surface area contributed by atoms with Crippen molar-refractivity contribution in [1.82, 2.24) is 10.9 Å². The van der Waals surface area contributed by atoms with Crippen molar-refractivity contribution in [3.8, 4) is 0 Å². The van der Waals surface area contributed by atoms with Crippen molar-refractivity contribution in [2.24, 2.45) is 11.8 Å². The number of rotatable bonds is 8. The zero-order valence-electron chi connectivity index (χ0n) is 20.2. The summed E-state index contributed by atoms with van der Waals surface area (Å²) in [6.45, 7) is 4.10. The highest BCUT2D eigenvalue weighted by Gasteiger charge is 2.40. The van der Waals surface area contributed by atoms with E-state index in [1.807, 2.05) is 50.2 Å². The van der Waals surface area contributed by atoms with E-state index in [-0.39, 0.29) is 37.1 Å². The third-order valence-electron chi connectivity index (χ3n) is 5.84. The summed E-state index contributed by atoms with van der Waals surface area (Å²) in [5.74, 6) is -1.70. The lowest BCUT2D eigenvalue weighted by Crippen LogP contribution is -2.35. The molecule has 2 unspecified atom stereocenters. The summed E-state index contributed by atoms with van der Waals surface area (Å²) >= 11 is 0. The molecule has 0 bridgehead atoms. The smallest absolute Gasteiger partial charge is 0.258 e. The number of hydrazine groups is 2. The third kappa shape index (κ3) is 6.85. The van der Waals surface area contributed by atoms with Crippen LogP contribution >= 0.6 is 13.5 Å². The Kier molecular flexibility index (Phi) is 10.8. The van der Waals surface area contributed by atoms with Crippen molar-refractivity contribution in [2.75, 3.05) is 10.0 Å². The molecule has 35 heavy (non-hydrogen) atoms. The van der Waals surface area contributed by atoms with Gasteiger partial charge >= 0.3 is 0 Å². The number of para-hydroxylation sites is 2. The van der Waals surface area contributed by atoms with E-state index in [2.05, 4.69) is 10.9 Å². The van der Waals surface area contributed by atoms with Gasteiger partial charge in [0.1, 0.15) is 11.8 Å². The van der Waals surface area contributed by atoms with Gasteiger partial charge in [0.25, 0.3) is 23.6 Å². The van der Waals surface area contributed by atoms with Gasteiger partial charge in [0.15, 0.2) is 0 Å². The predicted octanol–water partition coefficient (Wildman–Crippen LogP) is 3.85. The molecule has 2 N–H and O–H groups in total. The first-order chi connectivity index (χ1) is 16.5. The van der Waals surface area contributed by atoms with Gasteiger partial charge in [0, 0.05) is 0 Å². The van der Waals surface area contributed by atoms with Gasteiger partial charge in [0.2, 0.25) is 0 Å². The summed E-state index contributed by atoms with van der Waals surface area (Å²) in [5, 5.41) is 2.70. The first-order valence-electron chi connectivity index (χ1n) is 11.9. The van der Waals surface area contributed by atoms with E-state index in [1.165, 1.54) is 10.0 Å². The number of nitrogens with one attached hydrogen (secondary N) is 2. The average molecular weight is 499 g/mol. The molecule has 0 spiro atoms. The van der Waals surface area contributed by atoms with Crippen LogP contribution in [0.15, 0.2) is 60.7 Å². The Morgan fingerprint density at radius 3 is 1.29 bits per heavy atom.